The van der Waals surface area contributed by atoms with Crippen LogP contribution in [-0.4, -0.2) is 82.3 Å². The number of piperidine rings is 2. The van der Waals surface area contributed by atoms with Crippen LogP contribution in [0.1, 0.15) is 166 Å². The zero-order chi connectivity index (χ0) is 44.8. The lowest BCUT2D eigenvalue weighted by Gasteiger charge is -2.66. The SMILES string of the molecule is C=CC(=O)OC(C)C1=C(N2CCCCC2)CC(C)(C)C(C(CCCCCCCC(=O)O)(C(=O)O)C2C(C)(C)CC(N3CCCCC3)=C(C(C)OC(=O)C=C)C2(C)C)C1(C)C. The van der Waals surface area contributed by atoms with Gasteiger partial charge in [-0.05, 0) is 123 Å². The molecule has 2 aliphatic carbocycles. The highest BCUT2D eigenvalue weighted by Crippen LogP contribution is 2.71. The second kappa shape index (κ2) is 19.7. The Balaban J connectivity index is 2.05. The number of ether oxygens (including phenoxy) is 2. The molecule has 0 bridgehead atoms. The fraction of sp³-hybridized carbons (Fsp3) is 0.760. The standard InChI is InChI=1S/C50H80N2O8/c1-13-39(55)59-34(3)41-36(51-28-22-18-23-29-51)32-46(5,6)43(48(41,9)10)50(45(57)58,27-21-17-15-16-20-26-38(53)54)44-47(7,8)33-37(52-30-24-19-25-31-52)42(49(44,11)12)35(4)60-40(56)14-2/h13-14,34-35,43-44H,1-2,15-33H2,3-12H3,(H,53,54)(H,57,58). The molecule has 2 heterocycles. The van der Waals surface area contributed by atoms with Gasteiger partial charge in [0, 0.05) is 56.1 Å². The summed E-state index contributed by atoms with van der Waals surface area (Å²) in [6.07, 6.45) is 13.2. The van der Waals surface area contributed by atoms with Gasteiger partial charge in [0.25, 0.3) is 0 Å². The normalized spacial score (nSPS) is 25.7. The van der Waals surface area contributed by atoms with E-state index < -0.39 is 75.0 Å². The number of nitrogens with zero attached hydrogens (tertiary/aromatic N) is 2. The molecule has 2 saturated heterocycles. The van der Waals surface area contributed by atoms with Gasteiger partial charge in [0.05, 0.1) is 5.41 Å². The number of allylic oxidation sites excluding steroid dienone is 2. The molecule has 0 aromatic carbocycles. The average molecular weight is 837 g/mol. The van der Waals surface area contributed by atoms with Crippen molar-refractivity contribution >= 4 is 23.9 Å². The predicted octanol–water partition coefficient (Wildman–Crippen LogP) is 10.7. The van der Waals surface area contributed by atoms with Gasteiger partial charge in [0.2, 0.25) is 0 Å². The molecule has 0 radical (unpaired) electrons. The largest absolute Gasteiger partial charge is 0.481 e. The zero-order valence-electron chi connectivity index (χ0n) is 39.1. The number of carboxylic acids is 2. The summed E-state index contributed by atoms with van der Waals surface area (Å²) in [5, 5.41) is 21.8. The molecule has 4 rings (SSSR count). The van der Waals surface area contributed by atoms with E-state index in [4.69, 9.17) is 9.47 Å². The van der Waals surface area contributed by atoms with Gasteiger partial charge in [0.15, 0.2) is 0 Å². The number of likely N-dealkylation sites (tertiary alicyclic amines) is 2. The summed E-state index contributed by atoms with van der Waals surface area (Å²) < 4.78 is 12.3. The maximum atomic E-state index is 15.3. The Hall–Kier alpha value is -3.56. The molecule has 4 aliphatic rings. The zero-order valence-corrected chi connectivity index (χ0v) is 39.1. The summed E-state index contributed by atoms with van der Waals surface area (Å²) in [5.74, 6) is -3.49. The number of carbonyl (C=O) groups is 4. The Morgan fingerprint density at radius 2 is 1.02 bits per heavy atom. The minimum absolute atomic E-state index is 0.125. The van der Waals surface area contributed by atoms with Crippen LogP contribution in [0.25, 0.3) is 0 Å². The van der Waals surface area contributed by atoms with Crippen LogP contribution >= 0.6 is 0 Å². The molecule has 2 N–H and O–H groups in total. The van der Waals surface area contributed by atoms with Crippen molar-refractivity contribution < 1.29 is 38.9 Å². The molecule has 2 aliphatic heterocycles. The highest BCUT2D eigenvalue weighted by molar-refractivity contribution is 5.82. The van der Waals surface area contributed by atoms with Gasteiger partial charge in [-0.3, -0.25) is 9.59 Å². The van der Waals surface area contributed by atoms with Crippen LogP contribution in [0.2, 0.25) is 0 Å². The minimum atomic E-state index is -1.32. The molecular weight excluding hydrogens is 757 g/mol. The molecule has 338 valence electrons. The van der Waals surface area contributed by atoms with Crippen LogP contribution in [0.15, 0.2) is 47.9 Å². The van der Waals surface area contributed by atoms with Gasteiger partial charge in [-0.2, -0.15) is 0 Å². The molecule has 60 heavy (non-hydrogen) atoms. The number of carboxylic acid groups (broad SMARTS) is 2. The van der Waals surface area contributed by atoms with E-state index in [2.05, 4.69) is 78.3 Å². The number of rotatable bonds is 19. The van der Waals surface area contributed by atoms with Crippen LogP contribution < -0.4 is 0 Å². The number of hydrogen-bond donors (Lipinski definition) is 2. The lowest BCUT2D eigenvalue weighted by atomic mass is 9.37. The molecule has 0 saturated carbocycles. The van der Waals surface area contributed by atoms with Gasteiger partial charge in [-0.25, -0.2) is 9.59 Å². The van der Waals surface area contributed by atoms with E-state index in [-0.39, 0.29) is 6.42 Å². The third kappa shape index (κ3) is 10.2. The summed E-state index contributed by atoms with van der Waals surface area (Å²) in [5.41, 5.74) is 0.436. The van der Waals surface area contributed by atoms with E-state index >= 15 is 4.79 Å². The molecule has 0 spiro atoms. The van der Waals surface area contributed by atoms with Crippen LogP contribution in [0, 0.1) is 38.9 Å². The van der Waals surface area contributed by atoms with Gasteiger partial charge in [0.1, 0.15) is 12.2 Å². The Bertz CT molecular complexity index is 1560. The maximum absolute atomic E-state index is 15.3. The van der Waals surface area contributed by atoms with E-state index in [1.54, 1.807) is 0 Å². The van der Waals surface area contributed by atoms with Gasteiger partial charge >= 0.3 is 23.9 Å². The first-order valence-electron chi connectivity index (χ1n) is 23.1. The molecule has 4 atom stereocenters. The monoisotopic (exact) mass is 837 g/mol. The van der Waals surface area contributed by atoms with Crippen molar-refractivity contribution in [3.63, 3.8) is 0 Å². The molecule has 4 unspecified atom stereocenters. The number of hydrogen-bond acceptors (Lipinski definition) is 8. The fourth-order valence-corrected chi connectivity index (χ4v) is 14.0. The molecule has 2 fully saturated rings. The Morgan fingerprint density at radius 3 is 1.37 bits per heavy atom. The van der Waals surface area contributed by atoms with Crippen molar-refractivity contribution in [3.05, 3.63) is 47.9 Å². The number of carbonyl (C=O) groups excluding carboxylic acids is 2. The number of aliphatic carboxylic acids is 2. The first kappa shape index (κ1) is 49.1. The van der Waals surface area contributed by atoms with Crippen LogP contribution in [-0.2, 0) is 28.7 Å². The first-order chi connectivity index (χ1) is 28.0. The van der Waals surface area contributed by atoms with Gasteiger partial charge in [-0.1, -0.05) is 94.2 Å². The van der Waals surface area contributed by atoms with E-state index in [1.165, 1.54) is 23.5 Å². The second-order valence-corrected chi connectivity index (χ2v) is 21.0. The summed E-state index contributed by atoms with van der Waals surface area (Å²) >= 11 is 0. The highest BCUT2D eigenvalue weighted by atomic mass is 16.5. The minimum Gasteiger partial charge on any atom is -0.481 e. The molecule has 10 heteroatoms. The van der Waals surface area contributed by atoms with Gasteiger partial charge < -0.3 is 29.5 Å². The fourth-order valence-electron chi connectivity index (χ4n) is 14.0. The van der Waals surface area contributed by atoms with Crippen molar-refractivity contribution in [1.82, 2.24) is 9.80 Å². The Labute approximate surface area is 362 Å². The number of unbranched alkanes of at least 4 members (excludes halogenated alkanes) is 4. The number of esters is 2. The van der Waals surface area contributed by atoms with Crippen molar-refractivity contribution in [2.75, 3.05) is 26.2 Å². The Morgan fingerprint density at radius 1 is 0.650 bits per heavy atom. The third-order valence-electron chi connectivity index (χ3n) is 14.9. The molecule has 10 nitrogen and oxygen atoms in total. The quantitative estimate of drug-likeness (QED) is 0.0736. The maximum Gasteiger partial charge on any atom is 0.330 e. The second-order valence-electron chi connectivity index (χ2n) is 21.0. The smallest absolute Gasteiger partial charge is 0.330 e. The van der Waals surface area contributed by atoms with Crippen LogP contribution in [0.3, 0.4) is 0 Å². The summed E-state index contributed by atoms with van der Waals surface area (Å²) in [7, 11) is 0. The molecule has 0 aromatic heterocycles. The highest BCUT2D eigenvalue weighted by Gasteiger charge is 2.70. The van der Waals surface area contributed by atoms with E-state index in [0.29, 0.717) is 32.1 Å². The van der Waals surface area contributed by atoms with Crippen molar-refractivity contribution in [1.29, 1.82) is 0 Å². The van der Waals surface area contributed by atoms with Gasteiger partial charge in [-0.15, -0.1) is 0 Å². The first-order valence-corrected chi connectivity index (χ1v) is 23.1. The Kier molecular flexibility index (Phi) is 16.1. The third-order valence-corrected chi connectivity index (χ3v) is 14.9. The summed E-state index contributed by atoms with van der Waals surface area (Å²) in [4.78, 5) is 57.5. The summed E-state index contributed by atoms with van der Waals surface area (Å²) in [6.45, 7) is 32.7. The van der Waals surface area contributed by atoms with Crippen molar-refractivity contribution in [2.24, 2.45) is 38.9 Å². The van der Waals surface area contributed by atoms with Crippen LogP contribution in [0.4, 0.5) is 0 Å². The topological polar surface area (TPSA) is 134 Å². The lowest BCUT2D eigenvalue weighted by molar-refractivity contribution is -0.196. The molecule has 0 amide bonds. The van der Waals surface area contributed by atoms with Crippen LogP contribution in [0.5, 0.6) is 0 Å². The van der Waals surface area contributed by atoms with E-state index in [9.17, 15) is 24.6 Å². The van der Waals surface area contributed by atoms with E-state index in [1.807, 2.05) is 13.8 Å². The van der Waals surface area contributed by atoms with Crippen molar-refractivity contribution in [3.8, 4) is 0 Å². The average Bonchev–Trinajstić information content (AvgIpc) is 3.15. The predicted molar refractivity (Wildman–Crippen MR) is 238 cm³/mol. The molecular formula is C50H80N2O8. The van der Waals surface area contributed by atoms with E-state index in [0.717, 1.165) is 95.1 Å². The summed E-state index contributed by atoms with van der Waals surface area (Å²) in [6, 6.07) is 0. The lowest BCUT2D eigenvalue weighted by Crippen LogP contribution is -2.65. The van der Waals surface area contributed by atoms with Crippen molar-refractivity contribution in [2.45, 2.75) is 178 Å². The molecule has 0 aromatic rings.